The summed E-state index contributed by atoms with van der Waals surface area (Å²) in [6.45, 7) is 0.658. The van der Waals surface area contributed by atoms with Crippen LogP contribution >= 0.6 is 11.3 Å². The molecule has 3 rings (SSSR count). The summed E-state index contributed by atoms with van der Waals surface area (Å²) in [6, 6.07) is 7.23. The zero-order valence-corrected chi connectivity index (χ0v) is 15.3. The molecule has 1 amide bonds. The van der Waals surface area contributed by atoms with E-state index >= 15 is 0 Å². The summed E-state index contributed by atoms with van der Waals surface area (Å²) < 4.78 is 11.9. The third-order valence-corrected chi connectivity index (χ3v) is 4.79. The number of hydrogen-bond acceptors (Lipinski definition) is 6. The van der Waals surface area contributed by atoms with Gasteiger partial charge in [0.2, 0.25) is 5.91 Å². The largest absolute Gasteiger partial charge is 0.493 e. The lowest BCUT2D eigenvalue weighted by Gasteiger charge is -2.10. The number of nitrogens with zero attached hydrogens (tertiary/aromatic N) is 2. The number of aryl methyl sites for hydroxylation is 1. The summed E-state index contributed by atoms with van der Waals surface area (Å²) in [5.74, 6) is 1.11. The Bertz CT molecular complexity index is 980. The maximum Gasteiger partial charge on any atom is 0.262 e. The summed E-state index contributed by atoms with van der Waals surface area (Å²) in [5.41, 5.74) is 0.776. The first-order valence-electron chi connectivity index (χ1n) is 8.02. The van der Waals surface area contributed by atoms with E-state index in [1.807, 2.05) is 17.5 Å². The van der Waals surface area contributed by atoms with E-state index in [-0.39, 0.29) is 24.4 Å². The molecular formula is C18H19N3O4S. The average Bonchev–Trinajstić information content (AvgIpc) is 3.15. The van der Waals surface area contributed by atoms with E-state index in [9.17, 15) is 9.59 Å². The summed E-state index contributed by atoms with van der Waals surface area (Å²) in [4.78, 5) is 29.3. The van der Waals surface area contributed by atoms with Crippen LogP contribution in [0.5, 0.6) is 11.5 Å². The van der Waals surface area contributed by atoms with Gasteiger partial charge in [-0.3, -0.25) is 14.2 Å². The van der Waals surface area contributed by atoms with Crippen molar-refractivity contribution in [3.63, 3.8) is 0 Å². The Labute approximate surface area is 154 Å². The van der Waals surface area contributed by atoms with Crippen molar-refractivity contribution in [2.24, 2.45) is 0 Å². The Balaban J connectivity index is 1.57. The Hall–Kier alpha value is -2.87. The molecule has 0 radical (unpaired) electrons. The van der Waals surface area contributed by atoms with E-state index in [0.717, 1.165) is 5.56 Å². The number of methoxy groups -OCH3 is 2. The molecule has 1 N–H and O–H groups in total. The van der Waals surface area contributed by atoms with Crippen LogP contribution in [-0.2, 0) is 17.9 Å². The molecule has 2 heterocycles. The Morgan fingerprint density at radius 2 is 2.04 bits per heavy atom. The molecule has 0 bridgehead atoms. The van der Waals surface area contributed by atoms with Crippen LogP contribution in [0, 0.1) is 0 Å². The molecule has 0 aliphatic heterocycles. The number of aromatic nitrogens is 2. The molecule has 0 fully saturated rings. The van der Waals surface area contributed by atoms with Crippen LogP contribution in [-0.4, -0.2) is 29.7 Å². The van der Waals surface area contributed by atoms with E-state index in [4.69, 9.17) is 9.47 Å². The van der Waals surface area contributed by atoms with Crippen LogP contribution < -0.4 is 20.3 Å². The van der Waals surface area contributed by atoms with E-state index in [1.165, 1.54) is 22.2 Å². The van der Waals surface area contributed by atoms with Crippen molar-refractivity contribution in [2.45, 2.75) is 19.5 Å². The lowest BCUT2D eigenvalue weighted by atomic mass is 10.2. The van der Waals surface area contributed by atoms with Crippen molar-refractivity contribution >= 4 is 27.5 Å². The molecule has 7 nitrogen and oxygen atoms in total. The molecular weight excluding hydrogens is 354 g/mol. The average molecular weight is 373 g/mol. The zero-order valence-electron chi connectivity index (χ0n) is 14.5. The molecule has 2 aromatic heterocycles. The zero-order chi connectivity index (χ0) is 18.5. The minimum absolute atomic E-state index is 0.121. The van der Waals surface area contributed by atoms with Crippen LogP contribution in [0.3, 0.4) is 0 Å². The highest BCUT2D eigenvalue weighted by Crippen LogP contribution is 2.27. The van der Waals surface area contributed by atoms with Gasteiger partial charge in [-0.1, -0.05) is 6.07 Å². The second kappa shape index (κ2) is 8.01. The predicted molar refractivity (Wildman–Crippen MR) is 99.9 cm³/mol. The lowest BCUT2D eigenvalue weighted by molar-refractivity contribution is -0.121. The van der Waals surface area contributed by atoms with Crippen molar-refractivity contribution in [1.29, 1.82) is 0 Å². The fraction of sp³-hybridized carbons (Fsp3) is 0.278. The van der Waals surface area contributed by atoms with Gasteiger partial charge in [-0.2, -0.15) is 0 Å². The van der Waals surface area contributed by atoms with Crippen molar-refractivity contribution in [2.75, 3.05) is 14.2 Å². The van der Waals surface area contributed by atoms with E-state index in [2.05, 4.69) is 10.3 Å². The third-order valence-electron chi connectivity index (χ3n) is 3.97. The number of carbonyl (C=O) groups is 1. The monoisotopic (exact) mass is 373 g/mol. The van der Waals surface area contributed by atoms with Crippen molar-refractivity contribution in [3.8, 4) is 11.5 Å². The fourth-order valence-electron chi connectivity index (χ4n) is 2.55. The first kappa shape index (κ1) is 17.9. The molecule has 3 aromatic rings. The number of amides is 1. The summed E-state index contributed by atoms with van der Waals surface area (Å²) in [5, 5.41) is 5.26. The maximum atomic E-state index is 12.3. The lowest BCUT2D eigenvalue weighted by Crippen LogP contribution is -2.27. The number of ether oxygens (including phenoxy) is 2. The number of thiophene rings is 1. The molecule has 0 aliphatic rings. The smallest absolute Gasteiger partial charge is 0.262 e. The van der Waals surface area contributed by atoms with Gasteiger partial charge in [0.1, 0.15) is 4.83 Å². The predicted octanol–water partition coefficient (Wildman–Crippen LogP) is 2.18. The molecule has 8 heteroatoms. The standard InChI is InChI=1S/C18H19N3O4S/c1-24-14-4-3-12(9-15(14)25-2)10-19-16(22)5-7-21-11-20-17-13(18(21)23)6-8-26-17/h3-4,6,8-9,11H,5,7,10H2,1-2H3,(H,19,22). The van der Waals surface area contributed by atoms with Crippen LogP contribution in [0.25, 0.3) is 10.2 Å². The van der Waals surface area contributed by atoms with Crippen molar-refractivity contribution < 1.29 is 14.3 Å². The molecule has 26 heavy (non-hydrogen) atoms. The van der Waals surface area contributed by atoms with Crippen molar-refractivity contribution in [3.05, 3.63) is 51.9 Å². The number of fused-ring (bicyclic) bond motifs is 1. The minimum atomic E-state index is -0.142. The molecule has 0 atom stereocenters. The number of nitrogens with one attached hydrogen (secondary N) is 1. The van der Waals surface area contributed by atoms with Gasteiger partial charge in [-0.15, -0.1) is 11.3 Å². The summed E-state index contributed by atoms with van der Waals surface area (Å²) in [6.07, 6.45) is 1.69. The highest BCUT2D eigenvalue weighted by atomic mass is 32.1. The van der Waals surface area contributed by atoms with Crippen LogP contribution in [0.2, 0.25) is 0 Å². The van der Waals surface area contributed by atoms with Gasteiger partial charge in [-0.25, -0.2) is 4.98 Å². The topological polar surface area (TPSA) is 82.5 Å². The second-order valence-corrected chi connectivity index (χ2v) is 6.49. The molecule has 0 spiro atoms. The number of carbonyl (C=O) groups excluding carboxylic acids is 1. The normalized spacial score (nSPS) is 10.7. The van der Waals surface area contributed by atoms with Gasteiger partial charge < -0.3 is 14.8 Å². The number of hydrogen-bond donors (Lipinski definition) is 1. The van der Waals surface area contributed by atoms with Crippen LogP contribution in [0.4, 0.5) is 0 Å². The third kappa shape index (κ3) is 3.85. The van der Waals surface area contributed by atoms with Gasteiger partial charge >= 0.3 is 0 Å². The van der Waals surface area contributed by atoms with Crippen LogP contribution in [0.1, 0.15) is 12.0 Å². The summed E-state index contributed by atoms with van der Waals surface area (Å²) in [7, 11) is 3.14. The van der Waals surface area contributed by atoms with Gasteiger partial charge in [0.25, 0.3) is 5.56 Å². The Morgan fingerprint density at radius 3 is 2.81 bits per heavy atom. The van der Waals surface area contributed by atoms with E-state index in [0.29, 0.717) is 28.3 Å². The first-order chi connectivity index (χ1) is 12.6. The Morgan fingerprint density at radius 1 is 1.23 bits per heavy atom. The molecule has 0 unspecified atom stereocenters. The Kier molecular flexibility index (Phi) is 5.52. The van der Waals surface area contributed by atoms with Crippen molar-refractivity contribution in [1.82, 2.24) is 14.9 Å². The van der Waals surface area contributed by atoms with E-state index in [1.54, 1.807) is 26.4 Å². The summed E-state index contributed by atoms with van der Waals surface area (Å²) >= 11 is 1.42. The highest BCUT2D eigenvalue weighted by Gasteiger charge is 2.09. The molecule has 0 saturated heterocycles. The SMILES string of the molecule is COc1ccc(CNC(=O)CCn2cnc3sccc3c2=O)cc1OC. The van der Waals surface area contributed by atoms with Crippen LogP contribution in [0.15, 0.2) is 40.8 Å². The van der Waals surface area contributed by atoms with Gasteiger partial charge in [-0.05, 0) is 29.1 Å². The number of benzene rings is 1. The second-order valence-electron chi connectivity index (χ2n) is 5.60. The first-order valence-corrected chi connectivity index (χ1v) is 8.90. The number of rotatable bonds is 7. The molecule has 136 valence electrons. The van der Waals surface area contributed by atoms with Gasteiger partial charge in [0.05, 0.1) is 25.9 Å². The van der Waals surface area contributed by atoms with Gasteiger partial charge in [0.15, 0.2) is 11.5 Å². The molecule has 0 aliphatic carbocycles. The minimum Gasteiger partial charge on any atom is -0.493 e. The molecule has 0 saturated carbocycles. The quantitative estimate of drug-likeness (QED) is 0.686. The van der Waals surface area contributed by atoms with Gasteiger partial charge in [0, 0.05) is 19.5 Å². The fourth-order valence-corrected chi connectivity index (χ4v) is 3.28. The molecule has 1 aromatic carbocycles. The highest BCUT2D eigenvalue weighted by molar-refractivity contribution is 7.16. The maximum absolute atomic E-state index is 12.3. The van der Waals surface area contributed by atoms with E-state index < -0.39 is 0 Å².